The summed E-state index contributed by atoms with van der Waals surface area (Å²) in [5.74, 6) is 1.18. The van der Waals surface area contributed by atoms with Crippen LogP contribution >= 0.6 is 0 Å². The van der Waals surface area contributed by atoms with Gasteiger partial charge in [0.25, 0.3) is 0 Å². The van der Waals surface area contributed by atoms with Gasteiger partial charge in [-0.15, -0.1) is 0 Å². The number of hydrogen-bond donors (Lipinski definition) is 2. The van der Waals surface area contributed by atoms with Gasteiger partial charge in [-0.05, 0) is 62.3 Å². The van der Waals surface area contributed by atoms with Crippen molar-refractivity contribution in [3.63, 3.8) is 0 Å². The Morgan fingerprint density at radius 3 is 2.80 bits per heavy atom. The summed E-state index contributed by atoms with van der Waals surface area (Å²) in [6, 6.07) is 0. The fourth-order valence-electron chi connectivity index (χ4n) is 4.62. The van der Waals surface area contributed by atoms with E-state index in [1.165, 1.54) is 19.3 Å². The lowest BCUT2D eigenvalue weighted by Gasteiger charge is -2.60. The Labute approximate surface area is 90.6 Å². The molecule has 0 aliphatic heterocycles. The number of rotatable bonds is 2. The molecule has 0 aromatic carbocycles. The molecule has 4 rings (SSSR count). The molecule has 0 aromatic rings. The highest BCUT2D eigenvalue weighted by Crippen LogP contribution is 2.64. The first-order valence-electron chi connectivity index (χ1n) is 5.94. The molecule has 4 aliphatic carbocycles. The molecule has 4 atom stereocenters. The first-order chi connectivity index (χ1) is 7.07. The number of amides is 1. The zero-order valence-electron chi connectivity index (χ0n) is 9.04. The Balaban J connectivity index is 1.99. The Bertz CT molecular complexity index is 299. The summed E-state index contributed by atoms with van der Waals surface area (Å²) in [5.41, 5.74) is 11.4. The average molecular weight is 207 g/mol. The molecule has 0 saturated heterocycles. The highest BCUT2D eigenvalue weighted by molar-refractivity contribution is 5.83. The Kier molecular flexibility index (Phi) is 1.77. The number of carbonyl (C=O) groups excluding carboxylic acids is 1. The Morgan fingerprint density at radius 1 is 1.40 bits per heavy atom. The third-order valence-electron chi connectivity index (χ3n) is 4.87. The van der Waals surface area contributed by atoms with Crippen molar-refractivity contribution in [2.45, 2.75) is 32.1 Å². The highest BCUT2D eigenvalue weighted by atomic mass is 16.1. The van der Waals surface area contributed by atoms with Gasteiger partial charge in [0.15, 0.2) is 0 Å². The van der Waals surface area contributed by atoms with E-state index in [0.29, 0.717) is 11.8 Å². The van der Waals surface area contributed by atoms with Crippen LogP contribution in [0.25, 0.3) is 0 Å². The normalized spacial score (nSPS) is 52.1. The van der Waals surface area contributed by atoms with Gasteiger partial charge < -0.3 is 11.5 Å². The molecule has 0 spiro atoms. The first kappa shape index (κ1) is 9.64. The lowest BCUT2D eigenvalue weighted by Crippen LogP contribution is -2.58. The number of carbonyl (C=O) groups is 1. The molecule has 3 heteroatoms. The third kappa shape index (κ3) is 1.19. The quantitative estimate of drug-likeness (QED) is 0.704. The maximum atomic E-state index is 11.7. The van der Waals surface area contributed by atoms with E-state index in [-0.39, 0.29) is 16.7 Å². The lowest BCUT2D eigenvalue weighted by atomic mass is 9.44. The molecule has 83 valence electrons. The lowest BCUT2D eigenvalue weighted by molar-refractivity contribution is -0.141. The van der Waals surface area contributed by atoms with E-state index in [4.69, 9.17) is 11.5 Å². The van der Waals surface area contributed by atoms with Crippen molar-refractivity contribution in [3.05, 3.63) is 6.42 Å². The Hall–Kier alpha value is -0.570. The van der Waals surface area contributed by atoms with E-state index in [0.717, 1.165) is 19.4 Å². The van der Waals surface area contributed by atoms with E-state index in [1.807, 2.05) is 0 Å². The van der Waals surface area contributed by atoms with Crippen molar-refractivity contribution in [1.82, 2.24) is 0 Å². The molecular weight excluding hydrogens is 188 g/mol. The minimum Gasteiger partial charge on any atom is -0.369 e. The molecular formula is C12H19N2O. The molecule has 1 radical (unpaired) electrons. The summed E-state index contributed by atoms with van der Waals surface area (Å²) >= 11 is 0. The van der Waals surface area contributed by atoms with Crippen molar-refractivity contribution >= 4 is 5.91 Å². The van der Waals surface area contributed by atoms with Crippen LogP contribution in [-0.4, -0.2) is 12.5 Å². The predicted molar refractivity (Wildman–Crippen MR) is 57.5 cm³/mol. The Morgan fingerprint density at radius 2 is 2.20 bits per heavy atom. The van der Waals surface area contributed by atoms with Gasteiger partial charge in [-0.25, -0.2) is 0 Å². The molecule has 4 bridgehead atoms. The van der Waals surface area contributed by atoms with Gasteiger partial charge in [0.1, 0.15) is 0 Å². The minimum atomic E-state index is -0.302. The summed E-state index contributed by atoms with van der Waals surface area (Å²) in [7, 11) is 0. The summed E-state index contributed by atoms with van der Waals surface area (Å²) < 4.78 is 0. The van der Waals surface area contributed by atoms with E-state index in [9.17, 15) is 4.79 Å². The van der Waals surface area contributed by atoms with Gasteiger partial charge in [-0.3, -0.25) is 4.79 Å². The van der Waals surface area contributed by atoms with Crippen LogP contribution < -0.4 is 11.5 Å². The van der Waals surface area contributed by atoms with Gasteiger partial charge in [-0.2, -0.15) is 0 Å². The zero-order valence-corrected chi connectivity index (χ0v) is 9.04. The SMILES string of the molecule is NCC12CC3[CH]C(C(N)=O)(CC(C3)C1)C2. The second kappa shape index (κ2) is 2.76. The standard InChI is InChI=1S/C12H19N2O/c13-7-11-2-8-1-9(3-11)5-12(4-8,6-11)10(14)15/h4,8-9H,1-3,5-7,13H2,(H2,14,15). The van der Waals surface area contributed by atoms with Crippen molar-refractivity contribution in [1.29, 1.82) is 0 Å². The van der Waals surface area contributed by atoms with Crippen molar-refractivity contribution in [2.24, 2.45) is 34.1 Å². The molecule has 15 heavy (non-hydrogen) atoms. The predicted octanol–water partition coefficient (Wildman–Crippen LogP) is 0.831. The number of nitrogens with two attached hydrogens (primary N) is 2. The monoisotopic (exact) mass is 207 g/mol. The zero-order chi connectivity index (χ0) is 10.7. The van der Waals surface area contributed by atoms with E-state index in [2.05, 4.69) is 6.42 Å². The van der Waals surface area contributed by atoms with Gasteiger partial charge in [0, 0.05) is 0 Å². The molecule has 4 aliphatic rings. The molecule has 4 saturated carbocycles. The fourth-order valence-corrected chi connectivity index (χ4v) is 4.62. The first-order valence-corrected chi connectivity index (χ1v) is 5.94. The minimum absolute atomic E-state index is 0.116. The number of hydrogen-bond acceptors (Lipinski definition) is 2. The highest BCUT2D eigenvalue weighted by Gasteiger charge is 2.59. The van der Waals surface area contributed by atoms with Crippen LogP contribution in [0, 0.1) is 29.1 Å². The molecule has 0 heterocycles. The van der Waals surface area contributed by atoms with Gasteiger partial charge in [0.05, 0.1) is 5.41 Å². The second-order valence-electron chi connectivity index (χ2n) is 6.04. The summed E-state index contributed by atoms with van der Waals surface area (Å²) in [6.07, 6.45) is 7.83. The maximum Gasteiger partial charge on any atom is 0.223 e. The van der Waals surface area contributed by atoms with Crippen molar-refractivity contribution < 1.29 is 4.79 Å². The van der Waals surface area contributed by atoms with E-state index < -0.39 is 0 Å². The molecule has 3 nitrogen and oxygen atoms in total. The molecule has 4 fully saturated rings. The summed E-state index contributed by atoms with van der Waals surface area (Å²) in [4.78, 5) is 11.7. The van der Waals surface area contributed by atoms with Crippen LogP contribution in [0.3, 0.4) is 0 Å². The molecule has 1 amide bonds. The van der Waals surface area contributed by atoms with Crippen LogP contribution in [0.2, 0.25) is 0 Å². The fraction of sp³-hybridized carbons (Fsp3) is 0.833. The van der Waals surface area contributed by atoms with E-state index >= 15 is 0 Å². The van der Waals surface area contributed by atoms with Crippen LogP contribution in [0.5, 0.6) is 0 Å². The van der Waals surface area contributed by atoms with Crippen molar-refractivity contribution in [3.8, 4) is 0 Å². The van der Waals surface area contributed by atoms with Crippen LogP contribution in [0.4, 0.5) is 0 Å². The molecule has 4 N–H and O–H groups in total. The largest absolute Gasteiger partial charge is 0.369 e. The van der Waals surface area contributed by atoms with Crippen molar-refractivity contribution in [2.75, 3.05) is 6.54 Å². The maximum absolute atomic E-state index is 11.7. The third-order valence-corrected chi connectivity index (χ3v) is 4.87. The van der Waals surface area contributed by atoms with Crippen LogP contribution in [-0.2, 0) is 4.79 Å². The van der Waals surface area contributed by atoms with Gasteiger partial charge in [-0.1, -0.05) is 0 Å². The smallest absolute Gasteiger partial charge is 0.223 e. The summed E-state index contributed by atoms with van der Waals surface area (Å²) in [6.45, 7) is 0.725. The average Bonchev–Trinajstić information content (AvgIpc) is 2.15. The van der Waals surface area contributed by atoms with Gasteiger partial charge >= 0.3 is 0 Å². The molecule has 4 unspecified atom stereocenters. The van der Waals surface area contributed by atoms with Gasteiger partial charge in [0.2, 0.25) is 5.91 Å². The van der Waals surface area contributed by atoms with Crippen LogP contribution in [0.1, 0.15) is 32.1 Å². The van der Waals surface area contributed by atoms with Crippen LogP contribution in [0.15, 0.2) is 0 Å². The second-order valence-corrected chi connectivity index (χ2v) is 6.04. The molecule has 0 aromatic heterocycles. The van der Waals surface area contributed by atoms with E-state index in [1.54, 1.807) is 0 Å². The summed E-state index contributed by atoms with van der Waals surface area (Å²) in [5, 5.41) is 0. The topological polar surface area (TPSA) is 69.1 Å². The number of primary amides is 1.